The predicted molar refractivity (Wildman–Crippen MR) is 117 cm³/mol. The van der Waals surface area contributed by atoms with Crippen molar-refractivity contribution in [3.05, 3.63) is 65.2 Å². The number of likely N-dealkylation sites (N-methyl/N-ethyl adjacent to an activating group) is 1. The Morgan fingerprint density at radius 3 is 2.50 bits per heavy atom. The third-order valence-corrected chi connectivity index (χ3v) is 3.94. The molecule has 0 aliphatic heterocycles. The summed E-state index contributed by atoms with van der Waals surface area (Å²) in [5.41, 5.74) is 1.45. The molecule has 8 heteroatoms. The van der Waals surface area contributed by atoms with E-state index in [0.29, 0.717) is 37.0 Å². The molecule has 154 valence electrons. The Morgan fingerprint density at radius 1 is 1.14 bits per heavy atom. The van der Waals surface area contributed by atoms with Gasteiger partial charge in [-0.2, -0.15) is 0 Å². The molecule has 0 aliphatic rings. The second-order valence-electron chi connectivity index (χ2n) is 5.98. The Bertz CT molecular complexity index is 758. The highest BCUT2D eigenvalue weighted by Gasteiger charge is 2.08. The monoisotopic (exact) mass is 505 g/mol. The number of nitrogens with zero attached hydrogens (tertiary/aromatic N) is 2. The summed E-state index contributed by atoms with van der Waals surface area (Å²) in [5, 5.41) is 3.24. The molecule has 2 aromatic rings. The third kappa shape index (κ3) is 7.59. The lowest BCUT2D eigenvalue weighted by Crippen LogP contribution is -2.40. The maximum Gasteiger partial charge on any atom is 0.193 e. The lowest BCUT2D eigenvalue weighted by atomic mass is 10.1. The number of benzene rings is 2. The number of guanidine groups is 1. The molecule has 0 fully saturated rings. The maximum absolute atomic E-state index is 13.7. The van der Waals surface area contributed by atoms with Gasteiger partial charge in [0.25, 0.3) is 0 Å². The van der Waals surface area contributed by atoms with Gasteiger partial charge in [0.15, 0.2) is 5.96 Å². The van der Waals surface area contributed by atoms with Crippen molar-refractivity contribution in [2.45, 2.75) is 13.2 Å². The van der Waals surface area contributed by atoms with Crippen molar-refractivity contribution >= 4 is 29.9 Å². The van der Waals surface area contributed by atoms with Gasteiger partial charge in [-0.3, -0.25) is 4.99 Å². The van der Waals surface area contributed by atoms with Gasteiger partial charge in [-0.1, -0.05) is 6.07 Å². The molecule has 0 saturated carbocycles. The Labute approximate surface area is 181 Å². The highest BCUT2D eigenvalue weighted by atomic mass is 127. The van der Waals surface area contributed by atoms with E-state index >= 15 is 0 Å². The van der Waals surface area contributed by atoms with Crippen LogP contribution in [0.2, 0.25) is 0 Å². The van der Waals surface area contributed by atoms with Crippen molar-refractivity contribution < 1.29 is 18.3 Å². The first-order valence-electron chi connectivity index (χ1n) is 8.60. The van der Waals surface area contributed by atoms with Crippen LogP contribution in [0, 0.1) is 11.6 Å². The van der Waals surface area contributed by atoms with Crippen LogP contribution in [0.3, 0.4) is 0 Å². The Balaban J connectivity index is 0.00000392. The number of halogens is 3. The molecule has 0 unspecified atom stereocenters. The molecule has 0 saturated heterocycles. The SMILES string of the molecule is CN=C(NCc1ccc(F)c(COC)c1)N(C)CCOc1ccc(F)cc1.I. The maximum atomic E-state index is 13.7. The van der Waals surface area contributed by atoms with E-state index in [-0.39, 0.29) is 42.2 Å². The van der Waals surface area contributed by atoms with Gasteiger partial charge in [-0.05, 0) is 42.0 Å². The van der Waals surface area contributed by atoms with Crippen molar-refractivity contribution in [3.63, 3.8) is 0 Å². The van der Waals surface area contributed by atoms with Crippen LogP contribution < -0.4 is 10.1 Å². The van der Waals surface area contributed by atoms with E-state index in [4.69, 9.17) is 9.47 Å². The van der Waals surface area contributed by atoms with Gasteiger partial charge in [0.2, 0.25) is 0 Å². The van der Waals surface area contributed by atoms with Gasteiger partial charge < -0.3 is 19.7 Å². The minimum atomic E-state index is -0.293. The van der Waals surface area contributed by atoms with Gasteiger partial charge >= 0.3 is 0 Å². The largest absolute Gasteiger partial charge is 0.492 e. The summed E-state index contributed by atoms with van der Waals surface area (Å²) < 4.78 is 37.2. The van der Waals surface area contributed by atoms with Gasteiger partial charge in [-0.15, -0.1) is 24.0 Å². The number of nitrogens with one attached hydrogen (secondary N) is 1. The van der Waals surface area contributed by atoms with Crippen LogP contribution in [0.5, 0.6) is 5.75 Å². The molecule has 0 atom stereocenters. The normalized spacial score (nSPS) is 11.0. The second kappa shape index (κ2) is 12.5. The van der Waals surface area contributed by atoms with Crippen LogP contribution in [0.15, 0.2) is 47.5 Å². The fourth-order valence-electron chi connectivity index (χ4n) is 2.51. The fourth-order valence-corrected chi connectivity index (χ4v) is 2.51. The number of aliphatic imine (C=N–C) groups is 1. The smallest absolute Gasteiger partial charge is 0.193 e. The van der Waals surface area contributed by atoms with E-state index in [1.165, 1.54) is 25.3 Å². The number of hydrogen-bond acceptors (Lipinski definition) is 3. The molecule has 2 rings (SSSR count). The summed E-state index contributed by atoms with van der Waals surface area (Å²) in [6.07, 6.45) is 0. The molecule has 0 aromatic heterocycles. The predicted octanol–water partition coefficient (Wildman–Crippen LogP) is 3.82. The van der Waals surface area contributed by atoms with Crippen molar-refractivity contribution in [3.8, 4) is 5.75 Å². The first kappa shape index (κ1) is 24.1. The van der Waals surface area contributed by atoms with Crippen LogP contribution in [-0.2, 0) is 17.9 Å². The molecule has 0 aliphatic carbocycles. The zero-order valence-corrected chi connectivity index (χ0v) is 18.6. The first-order chi connectivity index (χ1) is 13.0. The standard InChI is InChI=1S/C20H25F2N3O2.HI/c1-23-20(24-13-15-4-9-19(22)16(12-15)14-26-3)25(2)10-11-27-18-7-5-17(21)6-8-18;/h4-9,12H,10-11,13-14H2,1-3H3,(H,23,24);1H. The van der Waals surface area contributed by atoms with Gasteiger partial charge in [-0.25, -0.2) is 8.78 Å². The zero-order chi connectivity index (χ0) is 19.6. The summed E-state index contributed by atoms with van der Waals surface area (Å²) >= 11 is 0. The zero-order valence-electron chi connectivity index (χ0n) is 16.2. The van der Waals surface area contributed by atoms with E-state index in [0.717, 1.165) is 5.56 Å². The molecule has 0 spiro atoms. The van der Waals surface area contributed by atoms with E-state index in [1.54, 1.807) is 31.3 Å². The summed E-state index contributed by atoms with van der Waals surface area (Å²) in [5.74, 6) is 0.735. The topological polar surface area (TPSA) is 46.1 Å². The van der Waals surface area contributed by atoms with E-state index in [1.807, 2.05) is 11.9 Å². The number of hydrogen-bond donors (Lipinski definition) is 1. The van der Waals surface area contributed by atoms with Gasteiger partial charge in [0.1, 0.15) is 24.0 Å². The van der Waals surface area contributed by atoms with Crippen molar-refractivity contribution in [2.75, 3.05) is 34.4 Å². The van der Waals surface area contributed by atoms with Crippen molar-refractivity contribution in [1.29, 1.82) is 0 Å². The van der Waals surface area contributed by atoms with Crippen molar-refractivity contribution in [2.24, 2.45) is 4.99 Å². The molecular formula is C20H26F2IN3O2. The molecule has 0 heterocycles. The summed E-state index contributed by atoms with van der Waals surface area (Å²) in [6.45, 7) is 1.76. The van der Waals surface area contributed by atoms with Gasteiger partial charge in [0.05, 0.1) is 13.2 Å². The Hall–Kier alpha value is -1.94. The van der Waals surface area contributed by atoms with Crippen molar-refractivity contribution in [1.82, 2.24) is 10.2 Å². The minimum absolute atomic E-state index is 0. The summed E-state index contributed by atoms with van der Waals surface area (Å²) in [4.78, 5) is 6.16. The van der Waals surface area contributed by atoms with Crippen LogP contribution >= 0.6 is 24.0 Å². The van der Waals surface area contributed by atoms with Crippen LogP contribution in [-0.4, -0.2) is 45.2 Å². The highest BCUT2D eigenvalue weighted by molar-refractivity contribution is 14.0. The molecule has 5 nitrogen and oxygen atoms in total. The number of methoxy groups -OCH3 is 1. The third-order valence-electron chi connectivity index (χ3n) is 3.94. The minimum Gasteiger partial charge on any atom is -0.492 e. The fraction of sp³-hybridized carbons (Fsp3) is 0.350. The van der Waals surface area contributed by atoms with E-state index < -0.39 is 0 Å². The molecule has 0 bridgehead atoms. The van der Waals surface area contributed by atoms with E-state index in [9.17, 15) is 8.78 Å². The Kier molecular flexibility index (Phi) is 10.8. The molecular weight excluding hydrogens is 479 g/mol. The molecule has 2 aromatic carbocycles. The van der Waals surface area contributed by atoms with Crippen LogP contribution in [0.25, 0.3) is 0 Å². The molecule has 0 amide bonds. The number of ether oxygens (including phenoxy) is 2. The molecule has 0 radical (unpaired) electrons. The van der Waals surface area contributed by atoms with E-state index in [2.05, 4.69) is 10.3 Å². The highest BCUT2D eigenvalue weighted by Crippen LogP contribution is 2.12. The lowest BCUT2D eigenvalue weighted by Gasteiger charge is -2.22. The summed E-state index contributed by atoms with van der Waals surface area (Å²) in [7, 11) is 5.13. The van der Waals surface area contributed by atoms with Gasteiger partial charge in [0, 0.05) is 33.3 Å². The Morgan fingerprint density at radius 2 is 1.86 bits per heavy atom. The van der Waals surface area contributed by atoms with Crippen LogP contribution in [0.4, 0.5) is 8.78 Å². The average molecular weight is 505 g/mol. The molecule has 28 heavy (non-hydrogen) atoms. The lowest BCUT2D eigenvalue weighted by molar-refractivity contribution is 0.181. The summed E-state index contributed by atoms with van der Waals surface area (Å²) in [6, 6.07) is 10.8. The first-order valence-corrected chi connectivity index (χ1v) is 8.60. The second-order valence-corrected chi connectivity index (χ2v) is 5.98. The molecule has 1 N–H and O–H groups in total. The average Bonchev–Trinajstić information content (AvgIpc) is 2.66. The van der Waals surface area contributed by atoms with Crippen LogP contribution in [0.1, 0.15) is 11.1 Å². The number of rotatable bonds is 8. The quantitative estimate of drug-likeness (QED) is 0.337.